The van der Waals surface area contributed by atoms with Gasteiger partial charge in [0.05, 0.1) is 27.5 Å². The van der Waals surface area contributed by atoms with Crippen molar-refractivity contribution in [3.8, 4) is 0 Å². The lowest BCUT2D eigenvalue weighted by Gasteiger charge is -2.28. The van der Waals surface area contributed by atoms with Crippen molar-refractivity contribution >= 4 is 61.1 Å². The van der Waals surface area contributed by atoms with E-state index in [4.69, 9.17) is 23.2 Å². The summed E-state index contributed by atoms with van der Waals surface area (Å²) in [7, 11) is 0. The van der Waals surface area contributed by atoms with E-state index in [1.807, 2.05) is 22.9 Å². The van der Waals surface area contributed by atoms with Crippen LogP contribution >= 0.6 is 39.1 Å². The maximum Gasteiger partial charge on any atom is 0.145 e. The monoisotopic (exact) mass is 546 g/mol. The van der Waals surface area contributed by atoms with Crippen molar-refractivity contribution in [2.75, 3.05) is 0 Å². The molecule has 1 aromatic carbocycles. The average Bonchev–Trinajstić information content (AvgIpc) is 3.48. The molecule has 2 aliphatic rings. The molecule has 0 bridgehead atoms. The molecule has 0 saturated heterocycles. The lowest BCUT2D eigenvalue weighted by Crippen LogP contribution is -2.35. The molecule has 3 aromatic heterocycles. The summed E-state index contributed by atoms with van der Waals surface area (Å²) in [6, 6.07) is 9.89. The number of rotatable bonds is 2. The summed E-state index contributed by atoms with van der Waals surface area (Å²) in [4.78, 5) is 12.9. The Morgan fingerprint density at radius 2 is 1.91 bits per heavy atom. The summed E-state index contributed by atoms with van der Waals surface area (Å²) in [5.41, 5.74) is 2.40. The zero-order chi connectivity index (χ0) is 22.9. The molecular weight excluding hydrogens is 527 g/mol. The zero-order valence-corrected chi connectivity index (χ0v) is 20.6. The minimum absolute atomic E-state index is 0.267. The van der Waals surface area contributed by atoms with Crippen molar-refractivity contribution in [2.45, 2.75) is 49.9 Å². The molecule has 6 nitrogen and oxygen atoms in total. The van der Waals surface area contributed by atoms with Gasteiger partial charge < -0.3 is 14.8 Å². The second-order valence-electron chi connectivity index (χ2n) is 9.35. The Kier molecular flexibility index (Phi) is 5.20. The van der Waals surface area contributed by atoms with Crippen LogP contribution in [0.4, 0.5) is 0 Å². The van der Waals surface area contributed by atoms with Crippen molar-refractivity contribution in [1.82, 2.24) is 19.5 Å². The van der Waals surface area contributed by atoms with Crippen LogP contribution in [-0.2, 0) is 0 Å². The Hall–Kier alpha value is -1.77. The van der Waals surface area contributed by atoms with E-state index < -0.39 is 12.2 Å². The standard InChI is InChI=1S/C24H21BrCl2N4O2/c25-16-7-13-2-1-12(8-17(13)30-22(16)27)14-3-5-24(9-14)10-18(19(32)20(24)33)31-6-4-15-21(26)28-11-29-23(15)31/h1-2,4,6-8,11,14,18-20,32-33H,3,5,9-10H2/t14-,18-,19+,20+,24+/m1/s1. The molecular formula is C24H21BrCl2N4O2. The molecule has 6 rings (SSSR count). The molecule has 3 heterocycles. The second-order valence-corrected chi connectivity index (χ2v) is 10.9. The van der Waals surface area contributed by atoms with Gasteiger partial charge in [0.1, 0.15) is 28.4 Å². The van der Waals surface area contributed by atoms with Gasteiger partial charge in [0.25, 0.3) is 0 Å². The van der Waals surface area contributed by atoms with Crippen LogP contribution in [0.3, 0.4) is 0 Å². The summed E-state index contributed by atoms with van der Waals surface area (Å²) >= 11 is 15.9. The maximum absolute atomic E-state index is 11.2. The van der Waals surface area contributed by atoms with Gasteiger partial charge in [0, 0.05) is 17.0 Å². The highest BCUT2D eigenvalue weighted by atomic mass is 79.9. The van der Waals surface area contributed by atoms with Crippen molar-refractivity contribution in [1.29, 1.82) is 0 Å². The van der Waals surface area contributed by atoms with Crippen LogP contribution < -0.4 is 0 Å². The first-order valence-corrected chi connectivity index (χ1v) is 12.5. The lowest BCUT2D eigenvalue weighted by molar-refractivity contribution is -0.0260. The molecule has 170 valence electrons. The summed E-state index contributed by atoms with van der Waals surface area (Å²) in [5, 5.41) is 24.9. The fourth-order valence-electron chi connectivity index (χ4n) is 5.99. The van der Waals surface area contributed by atoms with Gasteiger partial charge in [-0.2, -0.15) is 0 Å². The highest BCUT2D eigenvalue weighted by Gasteiger charge is 2.56. The number of nitrogens with zero attached hydrogens (tertiary/aromatic N) is 4. The summed E-state index contributed by atoms with van der Waals surface area (Å²) in [6.07, 6.45) is 4.94. The molecule has 2 fully saturated rings. The number of aliphatic hydroxyl groups excluding tert-OH is 2. The summed E-state index contributed by atoms with van der Waals surface area (Å²) in [5.74, 6) is 0.289. The molecule has 33 heavy (non-hydrogen) atoms. The molecule has 5 atom stereocenters. The second kappa shape index (κ2) is 7.89. The first-order chi connectivity index (χ1) is 15.9. The van der Waals surface area contributed by atoms with Crippen LogP contribution in [0, 0.1) is 5.41 Å². The topological polar surface area (TPSA) is 84.1 Å². The molecule has 1 spiro atoms. The third-order valence-corrected chi connectivity index (χ3v) is 9.07. The van der Waals surface area contributed by atoms with Gasteiger partial charge in [-0.3, -0.25) is 0 Å². The van der Waals surface area contributed by atoms with Crippen LogP contribution in [0.1, 0.15) is 43.2 Å². The van der Waals surface area contributed by atoms with E-state index in [9.17, 15) is 10.2 Å². The molecule has 0 unspecified atom stereocenters. The fourth-order valence-corrected chi connectivity index (χ4v) is 6.66. The van der Waals surface area contributed by atoms with E-state index in [-0.39, 0.29) is 17.4 Å². The summed E-state index contributed by atoms with van der Waals surface area (Å²) in [6.45, 7) is 0. The van der Waals surface area contributed by atoms with E-state index in [0.717, 1.165) is 40.0 Å². The Balaban J connectivity index is 1.30. The number of fused-ring (bicyclic) bond motifs is 2. The number of halogens is 3. The predicted octanol–water partition coefficient (Wildman–Crippen LogP) is 5.67. The Morgan fingerprint density at radius 1 is 1.06 bits per heavy atom. The smallest absolute Gasteiger partial charge is 0.145 e. The fraction of sp³-hybridized carbons (Fsp3) is 0.375. The van der Waals surface area contributed by atoms with Crippen molar-refractivity contribution in [3.05, 3.63) is 63.2 Å². The number of aliphatic hydroxyl groups is 2. The van der Waals surface area contributed by atoms with Crippen molar-refractivity contribution in [3.63, 3.8) is 0 Å². The third-order valence-electron chi connectivity index (χ3n) is 7.65. The largest absolute Gasteiger partial charge is 0.390 e. The molecule has 4 aromatic rings. The van der Waals surface area contributed by atoms with Crippen LogP contribution in [0.25, 0.3) is 21.9 Å². The Bertz CT molecular complexity index is 1400. The molecule has 9 heteroatoms. The van der Waals surface area contributed by atoms with E-state index in [0.29, 0.717) is 22.4 Å². The lowest BCUT2D eigenvalue weighted by atomic mass is 9.80. The Morgan fingerprint density at radius 3 is 2.76 bits per heavy atom. The van der Waals surface area contributed by atoms with Gasteiger partial charge in [-0.05, 0) is 71.3 Å². The first kappa shape index (κ1) is 21.7. The van der Waals surface area contributed by atoms with E-state index in [1.54, 1.807) is 0 Å². The number of aromatic nitrogens is 4. The highest BCUT2D eigenvalue weighted by Crippen LogP contribution is 2.58. The van der Waals surface area contributed by atoms with Gasteiger partial charge in [-0.1, -0.05) is 35.3 Å². The van der Waals surface area contributed by atoms with Gasteiger partial charge in [-0.25, -0.2) is 15.0 Å². The quantitative estimate of drug-likeness (QED) is 0.249. The van der Waals surface area contributed by atoms with Crippen LogP contribution in [0.5, 0.6) is 0 Å². The van der Waals surface area contributed by atoms with Gasteiger partial charge >= 0.3 is 0 Å². The third kappa shape index (κ3) is 3.40. The maximum atomic E-state index is 11.2. The first-order valence-electron chi connectivity index (χ1n) is 11.0. The molecule has 0 radical (unpaired) electrons. The highest BCUT2D eigenvalue weighted by molar-refractivity contribution is 9.10. The zero-order valence-electron chi connectivity index (χ0n) is 17.5. The van der Waals surface area contributed by atoms with Crippen LogP contribution in [0.2, 0.25) is 10.3 Å². The van der Waals surface area contributed by atoms with E-state index in [2.05, 4.69) is 49.1 Å². The molecule has 0 amide bonds. The van der Waals surface area contributed by atoms with Gasteiger partial charge in [0.15, 0.2) is 0 Å². The minimum atomic E-state index is -0.873. The van der Waals surface area contributed by atoms with Crippen LogP contribution in [0.15, 0.2) is 47.3 Å². The van der Waals surface area contributed by atoms with Crippen LogP contribution in [-0.4, -0.2) is 41.9 Å². The number of benzene rings is 1. The molecule has 0 aliphatic heterocycles. The van der Waals surface area contributed by atoms with E-state index in [1.165, 1.54) is 11.9 Å². The van der Waals surface area contributed by atoms with Crippen molar-refractivity contribution in [2.24, 2.45) is 5.41 Å². The Labute approximate surface area is 208 Å². The van der Waals surface area contributed by atoms with E-state index >= 15 is 0 Å². The average molecular weight is 548 g/mol. The number of hydrogen-bond donors (Lipinski definition) is 2. The summed E-state index contributed by atoms with van der Waals surface area (Å²) < 4.78 is 2.72. The van der Waals surface area contributed by atoms with Crippen molar-refractivity contribution < 1.29 is 10.2 Å². The minimum Gasteiger partial charge on any atom is -0.390 e. The number of pyridine rings is 1. The van der Waals surface area contributed by atoms with Gasteiger partial charge in [-0.15, -0.1) is 0 Å². The predicted molar refractivity (Wildman–Crippen MR) is 132 cm³/mol. The molecule has 2 aliphatic carbocycles. The molecule has 2 saturated carbocycles. The normalized spacial score (nSPS) is 29.6. The number of hydrogen-bond acceptors (Lipinski definition) is 5. The van der Waals surface area contributed by atoms with Gasteiger partial charge in [0.2, 0.25) is 0 Å². The molecule has 2 N–H and O–H groups in total. The SMILES string of the molecule is O[C@H]1[C@H](n2ccc3c(Cl)ncnc32)C[C@@]2(CC[C@@H](c3ccc4cc(Br)c(Cl)nc4c3)C2)[C@H]1O.